The van der Waals surface area contributed by atoms with E-state index in [1.54, 1.807) is 6.20 Å². The molecule has 21 heavy (non-hydrogen) atoms. The van der Waals surface area contributed by atoms with Crippen molar-refractivity contribution in [2.45, 2.75) is 6.61 Å². The van der Waals surface area contributed by atoms with Crippen LogP contribution in [0.15, 0.2) is 67.0 Å². The van der Waals surface area contributed by atoms with Gasteiger partial charge in [0, 0.05) is 18.0 Å². The topological polar surface area (TPSA) is 48.8 Å². The summed E-state index contributed by atoms with van der Waals surface area (Å²) < 4.78 is 5.81. The fraction of sp³-hybridized carbons (Fsp3) is 0.0556. The van der Waals surface area contributed by atoms with Gasteiger partial charge in [-0.2, -0.15) is 5.26 Å². The Labute approximate surface area is 123 Å². The molecule has 3 heteroatoms. The summed E-state index contributed by atoms with van der Waals surface area (Å²) in [6.07, 6.45) is 3.53. The second kappa shape index (κ2) is 5.98. The predicted molar refractivity (Wildman–Crippen MR) is 81.7 cm³/mol. The van der Waals surface area contributed by atoms with E-state index in [0.29, 0.717) is 12.2 Å². The molecule has 0 aliphatic rings. The number of benzene rings is 2. The minimum absolute atomic E-state index is 0.530. The maximum absolute atomic E-state index is 9.09. The lowest BCUT2D eigenvalue weighted by Gasteiger charge is -2.08. The molecule has 1 heterocycles. The first kappa shape index (κ1) is 13.0. The van der Waals surface area contributed by atoms with Gasteiger partial charge in [-0.15, -0.1) is 0 Å². The van der Waals surface area contributed by atoms with E-state index in [2.05, 4.69) is 11.1 Å². The Kier molecular flexibility index (Phi) is 3.70. The first-order chi connectivity index (χ1) is 10.4. The molecule has 0 saturated carbocycles. The second-order valence-corrected chi connectivity index (χ2v) is 4.70. The lowest BCUT2D eigenvalue weighted by Crippen LogP contribution is -1.95. The summed E-state index contributed by atoms with van der Waals surface area (Å²) in [5, 5.41) is 9.09. The molecule has 0 atom stereocenters. The van der Waals surface area contributed by atoms with Crippen molar-refractivity contribution < 1.29 is 4.74 Å². The molecule has 0 radical (unpaired) electrons. The van der Waals surface area contributed by atoms with E-state index in [1.165, 1.54) is 0 Å². The molecule has 3 rings (SSSR count). The molecule has 0 aliphatic heterocycles. The number of rotatable bonds is 4. The normalized spacial score (nSPS) is 10.0. The first-order valence-electron chi connectivity index (χ1n) is 6.71. The monoisotopic (exact) mass is 274 g/mol. The van der Waals surface area contributed by atoms with Crippen molar-refractivity contribution in [3.05, 3.63) is 78.1 Å². The summed E-state index contributed by atoms with van der Waals surface area (Å²) >= 11 is 0. The molecule has 1 N–H and O–H groups in total. The van der Waals surface area contributed by atoms with E-state index in [9.17, 15) is 0 Å². The number of hydrogen-bond donors (Lipinski definition) is 1. The van der Waals surface area contributed by atoms with E-state index in [-0.39, 0.29) is 0 Å². The molecule has 0 saturated heterocycles. The lowest BCUT2D eigenvalue weighted by atomic mass is 10.1. The Hall–Kier alpha value is -2.99. The Morgan fingerprint density at radius 1 is 1.00 bits per heavy atom. The van der Waals surface area contributed by atoms with Crippen LogP contribution in [0.2, 0.25) is 0 Å². The number of H-pyrrole nitrogens is 1. The van der Waals surface area contributed by atoms with Gasteiger partial charge in [0.05, 0.1) is 5.56 Å². The average Bonchev–Trinajstić information content (AvgIpc) is 3.03. The minimum atomic E-state index is 0.530. The molecule has 0 bridgehead atoms. The zero-order chi connectivity index (χ0) is 14.5. The van der Waals surface area contributed by atoms with Gasteiger partial charge < -0.3 is 9.72 Å². The van der Waals surface area contributed by atoms with Crippen LogP contribution in [0.1, 0.15) is 11.1 Å². The van der Waals surface area contributed by atoms with Crippen LogP contribution in [0.25, 0.3) is 11.1 Å². The largest absolute Gasteiger partial charge is 0.489 e. The third kappa shape index (κ3) is 2.96. The lowest BCUT2D eigenvalue weighted by molar-refractivity contribution is 0.306. The van der Waals surface area contributed by atoms with Crippen molar-refractivity contribution in [1.29, 1.82) is 5.26 Å². The molecule has 2 aromatic carbocycles. The van der Waals surface area contributed by atoms with Gasteiger partial charge in [-0.3, -0.25) is 0 Å². The third-order valence-corrected chi connectivity index (χ3v) is 3.26. The molecule has 1 aromatic heterocycles. The molecule has 0 spiro atoms. The quantitative estimate of drug-likeness (QED) is 0.777. The fourth-order valence-corrected chi connectivity index (χ4v) is 2.19. The number of nitrogens with zero attached hydrogens (tertiary/aromatic N) is 1. The van der Waals surface area contributed by atoms with Crippen LogP contribution in [0, 0.1) is 11.3 Å². The van der Waals surface area contributed by atoms with E-state index < -0.39 is 0 Å². The molecule has 3 nitrogen and oxygen atoms in total. The molecular formula is C18H14N2O. The number of aromatic amines is 1. The number of hydrogen-bond acceptors (Lipinski definition) is 2. The number of aromatic nitrogens is 1. The fourth-order valence-electron chi connectivity index (χ4n) is 2.19. The van der Waals surface area contributed by atoms with E-state index >= 15 is 0 Å². The molecular weight excluding hydrogens is 260 g/mol. The molecule has 0 unspecified atom stereocenters. The third-order valence-electron chi connectivity index (χ3n) is 3.26. The highest BCUT2D eigenvalue weighted by atomic mass is 16.5. The second-order valence-electron chi connectivity index (χ2n) is 4.70. The van der Waals surface area contributed by atoms with E-state index in [0.717, 1.165) is 22.4 Å². The van der Waals surface area contributed by atoms with E-state index in [4.69, 9.17) is 10.00 Å². The summed E-state index contributed by atoms with van der Waals surface area (Å²) in [7, 11) is 0. The van der Waals surface area contributed by atoms with Gasteiger partial charge in [-0.1, -0.05) is 42.5 Å². The first-order valence-corrected chi connectivity index (χ1v) is 6.71. The Bertz CT molecular complexity index is 769. The van der Waals surface area contributed by atoms with Gasteiger partial charge in [0.1, 0.15) is 18.4 Å². The van der Waals surface area contributed by atoms with E-state index in [1.807, 2.05) is 60.8 Å². The zero-order valence-electron chi connectivity index (χ0n) is 11.4. The molecule has 0 fully saturated rings. The highest BCUT2D eigenvalue weighted by Gasteiger charge is 2.06. The van der Waals surface area contributed by atoms with Crippen molar-refractivity contribution in [2.75, 3.05) is 0 Å². The van der Waals surface area contributed by atoms with Gasteiger partial charge in [0.2, 0.25) is 0 Å². The highest BCUT2D eigenvalue weighted by molar-refractivity contribution is 5.70. The van der Waals surface area contributed by atoms with Crippen LogP contribution < -0.4 is 4.74 Å². The summed E-state index contributed by atoms with van der Waals surface area (Å²) in [6.45, 7) is 0.530. The summed E-state index contributed by atoms with van der Waals surface area (Å²) in [5.41, 5.74) is 3.62. The van der Waals surface area contributed by atoms with Crippen LogP contribution in [0.5, 0.6) is 5.75 Å². The number of ether oxygens (including phenoxy) is 1. The number of nitriles is 1. The zero-order valence-corrected chi connectivity index (χ0v) is 11.4. The Balaban J connectivity index is 1.79. The smallest absolute Gasteiger partial charge is 0.120 e. The predicted octanol–water partition coefficient (Wildman–Crippen LogP) is 4.13. The molecule has 102 valence electrons. The Morgan fingerprint density at radius 3 is 2.67 bits per heavy atom. The maximum atomic E-state index is 9.09. The van der Waals surface area contributed by atoms with Gasteiger partial charge in [-0.25, -0.2) is 0 Å². The van der Waals surface area contributed by atoms with Crippen molar-refractivity contribution >= 4 is 0 Å². The van der Waals surface area contributed by atoms with Gasteiger partial charge >= 0.3 is 0 Å². The SMILES string of the molecule is N#Cc1c[nH]cc1-c1cccc(OCc2ccccc2)c1. The minimum Gasteiger partial charge on any atom is -0.489 e. The highest BCUT2D eigenvalue weighted by Crippen LogP contribution is 2.26. The summed E-state index contributed by atoms with van der Waals surface area (Å²) in [6, 6.07) is 20.0. The molecule has 0 amide bonds. The van der Waals surface area contributed by atoms with Crippen LogP contribution >= 0.6 is 0 Å². The van der Waals surface area contributed by atoms with Gasteiger partial charge in [-0.05, 0) is 23.3 Å². The van der Waals surface area contributed by atoms with Crippen LogP contribution in [-0.4, -0.2) is 4.98 Å². The Morgan fingerprint density at radius 2 is 1.86 bits per heavy atom. The van der Waals surface area contributed by atoms with Crippen molar-refractivity contribution in [2.24, 2.45) is 0 Å². The van der Waals surface area contributed by atoms with Crippen molar-refractivity contribution in [3.63, 3.8) is 0 Å². The molecule has 3 aromatic rings. The standard InChI is InChI=1S/C18H14N2O/c19-10-16-11-20-12-18(16)15-7-4-8-17(9-15)21-13-14-5-2-1-3-6-14/h1-9,11-12,20H,13H2. The average molecular weight is 274 g/mol. The van der Waals surface area contributed by atoms with Crippen molar-refractivity contribution in [1.82, 2.24) is 4.98 Å². The van der Waals surface area contributed by atoms with Crippen LogP contribution in [0.3, 0.4) is 0 Å². The van der Waals surface area contributed by atoms with Gasteiger partial charge in [0.25, 0.3) is 0 Å². The summed E-state index contributed by atoms with van der Waals surface area (Å²) in [4.78, 5) is 2.96. The van der Waals surface area contributed by atoms with Crippen LogP contribution in [-0.2, 0) is 6.61 Å². The van der Waals surface area contributed by atoms with Crippen LogP contribution in [0.4, 0.5) is 0 Å². The number of nitrogens with one attached hydrogen (secondary N) is 1. The maximum Gasteiger partial charge on any atom is 0.120 e. The molecule has 0 aliphatic carbocycles. The van der Waals surface area contributed by atoms with Gasteiger partial charge in [0.15, 0.2) is 0 Å². The summed E-state index contributed by atoms with van der Waals surface area (Å²) in [5.74, 6) is 0.793. The van der Waals surface area contributed by atoms with Crippen molar-refractivity contribution in [3.8, 4) is 22.9 Å².